The fraction of sp³-hybridized carbons (Fsp3) is 0.353. The van der Waals surface area contributed by atoms with Gasteiger partial charge in [-0.3, -0.25) is 0 Å². The minimum Gasteiger partial charge on any atom is -0.421 e. The average molecular weight is 343 g/mol. The molecule has 3 rings (SSSR count). The number of aliphatic hydroxyl groups excluding tert-OH is 1. The van der Waals surface area contributed by atoms with E-state index in [-0.39, 0.29) is 12.8 Å². The van der Waals surface area contributed by atoms with Gasteiger partial charge in [0, 0.05) is 12.0 Å². The van der Waals surface area contributed by atoms with Crippen LogP contribution >= 0.6 is 0 Å². The molecule has 0 fully saturated rings. The highest BCUT2D eigenvalue weighted by Gasteiger charge is 2.12. The number of nitrogens with zero attached hydrogens (tertiary/aromatic N) is 3. The van der Waals surface area contributed by atoms with Gasteiger partial charge in [-0.1, -0.05) is 17.3 Å². The van der Waals surface area contributed by atoms with Gasteiger partial charge in [-0.25, -0.2) is 9.48 Å². The van der Waals surface area contributed by atoms with Gasteiger partial charge in [-0.15, -0.1) is 5.10 Å². The Kier molecular flexibility index (Phi) is 5.22. The number of benzene rings is 1. The van der Waals surface area contributed by atoms with Crippen LogP contribution in [0.25, 0.3) is 16.7 Å². The maximum atomic E-state index is 12.4. The highest BCUT2D eigenvalue weighted by Crippen LogP contribution is 2.20. The first kappa shape index (κ1) is 17.3. The molecule has 0 saturated heterocycles. The summed E-state index contributed by atoms with van der Waals surface area (Å²) in [5.41, 5.74) is 2.04. The Bertz CT molecular complexity index is 914. The van der Waals surface area contributed by atoms with E-state index < -0.39 is 5.63 Å². The van der Waals surface area contributed by atoms with Crippen LogP contribution < -0.4 is 16.3 Å². The van der Waals surface area contributed by atoms with Gasteiger partial charge in [-0.05, 0) is 44.6 Å². The molecule has 2 heterocycles. The first-order valence-electron chi connectivity index (χ1n) is 8.11. The molecule has 0 radical (unpaired) electrons. The Balaban J connectivity index is 1.98. The molecule has 0 unspecified atom stereocenters. The van der Waals surface area contributed by atoms with Gasteiger partial charge in [0.2, 0.25) is 0 Å². The van der Waals surface area contributed by atoms with Crippen LogP contribution in [0.5, 0.6) is 0 Å². The molecule has 0 aliphatic carbocycles. The number of fused-ring (bicyclic) bond motifs is 1. The zero-order valence-corrected chi connectivity index (χ0v) is 14.2. The van der Waals surface area contributed by atoms with Gasteiger partial charge in [0.25, 0.3) is 0 Å². The van der Waals surface area contributed by atoms with Crippen molar-refractivity contribution < 1.29 is 9.52 Å². The first-order chi connectivity index (χ1) is 12.2. The van der Waals surface area contributed by atoms with Crippen molar-refractivity contribution in [3.8, 4) is 5.69 Å². The predicted molar refractivity (Wildman–Crippen MR) is 93.7 cm³/mol. The summed E-state index contributed by atoms with van der Waals surface area (Å²) in [6.07, 6.45) is 2.86. The lowest BCUT2D eigenvalue weighted by molar-refractivity contribution is 0.288. The molecular formula is C17H21N5O3. The summed E-state index contributed by atoms with van der Waals surface area (Å²) in [7, 11) is 3.70. The lowest BCUT2D eigenvalue weighted by atomic mass is 10.1. The minimum atomic E-state index is -0.478. The maximum absolute atomic E-state index is 12.4. The van der Waals surface area contributed by atoms with Gasteiger partial charge >= 0.3 is 5.63 Å². The molecule has 0 bridgehead atoms. The van der Waals surface area contributed by atoms with E-state index in [0.29, 0.717) is 24.1 Å². The van der Waals surface area contributed by atoms with Crippen molar-refractivity contribution in [2.45, 2.75) is 19.0 Å². The van der Waals surface area contributed by atoms with E-state index in [1.807, 2.05) is 32.3 Å². The van der Waals surface area contributed by atoms with E-state index in [9.17, 15) is 4.79 Å². The second-order valence-electron chi connectivity index (χ2n) is 5.71. The topological polar surface area (TPSA) is 105 Å². The number of aliphatic hydroxyl groups is 1. The SMILES string of the molecule is CNC(NC)c1ccc2cc(-n3cc(CCCO)nn3)c(=O)oc2c1. The highest BCUT2D eigenvalue weighted by atomic mass is 16.4. The molecule has 3 N–H and O–H groups in total. The minimum absolute atomic E-state index is 0.0289. The van der Waals surface area contributed by atoms with E-state index in [2.05, 4.69) is 20.9 Å². The van der Waals surface area contributed by atoms with E-state index in [4.69, 9.17) is 9.52 Å². The number of hydrogen-bond donors (Lipinski definition) is 3. The average Bonchev–Trinajstić information content (AvgIpc) is 3.09. The normalized spacial score (nSPS) is 11.5. The molecule has 132 valence electrons. The smallest absolute Gasteiger partial charge is 0.362 e. The third kappa shape index (κ3) is 3.60. The van der Waals surface area contributed by atoms with Crippen molar-refractivity contribution >= 4 is 11.0 Å². The molecule has 25 heavy (non-hydrogen) atoms. The number of rotatable bonds is 7. The zero-order valence-electron chi connectivity index (χ0n) is 14.2. The molecule has 0 atom stereocenters. The number of hydrogen-bond acceptors (Lipinski definition) is 7. The Hall–Kier alpha value is -2.55. The monoisotopic (exact) mass is 343 g/mol. The third-order valence-corrected chi connectivity index (χ3v) is 4.03. The van der Waals surface area contributed by atoms with Crippen molar-refractivity contribution in [3.05, 3.63) is 52.1 Å². The summed E-state index contributed by atoms with van der Waals surface area (Å²) in [6.45, 7) is 0.0908. The van der Waals surface area contributed by atoms with Crippen molar-refractivity contribution in [1.29, 1.82) is 0 Å². The van der Waals surface area contributed by atoms with E-state index in [1.165, 1.54) is 4.68 Å². The molecule has 0 amide bonds. The molecule has 8 heteroatoms. The molecule has 2 aromatic heterocycles. The Morgan fingerprint density at radius 3 is 2.80 bits per heavy atom. The maximum Gasteiger partial charge on any atom is 0.362 e. The number of aromatic nitrogens is 3. The second-order valence-corrected chi connectivity index (χ2v) is 5.71. The summed E-state index contributed by atoms with van der Waals surface area (Å²) in [5.74, 6) is 0. The summed E-state index contributed by atoms with van der Waals surface area (Å²) in [6, 6.07) is 7.45. The van der Waals surface area contributed by atoms with Crippen molar-refractivity contribution in [3.63, 3.8) is 0 Å². The van der Waals surface area contributed by atoms with E-state index >= 15 is 0 Å². The van der Waals surface area contributed by atoms with Crippen LogP contribution in [0.1, 0.15) is 23.8 Å². The molecule has 0 aliphatic rings. The molecule has 8 nitrogen and oxygen atoms in total. The van der Waals surface area contributed by atoms with Gasteiger partial charge in [0.1, 0.15) is 5.58 Å². The standard InChI is InChI=1S/C17H21N5O3/c1-18-16(19-2)12-6-5-11-8-14(17(24)25-15(11)9-12)22-10-13(20-21-22)4-3-7-23/h5-6,8-10,16,18-19,23H,3-4,7H2,1-2H3. The fourth-order valence-electron chi connectivity index (χ4n) is 2.72. The van der Waals surface area contributed by atoms with E-state index in [1.54, 1.807) is 12.3 Å². The zero-order chi connectivity index (χ0) is 17.8. The Morgan fingerprint density at radius 1 is 1.28 bits per heavy atom. The van der Waals surface area contributed by atoms with Crippen molar-refractivity contribution in [2.24, 2.45) is 0 Å². The molecule has 1 aromatic carbocycles. The number of aryl methyl sites for hydroxylation is 1. The molecule has 3 aromatic rings. The summed E-state index contributed by atoms with van der Waals surface area (Å²) in [5, 5.41) is 24.0. The van der Waals surface area contributed by atoms with Crippen LogP contribution in [-0.2, 0) is 6.42 Å². The largest absolute Gasteiger partial charge is 0.421 e. The van der Waals surface area contributed by atoms with Crippen molar-refractivity contribution in [2.75, 3.05) is 20.7 Å². The molecular weight excluding hydrogens is 322 g/mol. The second kappa shape index (κ2) is 7.56. The van der Waals surface area contributed by atoms with Crippen LogP contribution in [0, 0.1) is 0 Å². The lowest BCUT2D eigenvalue weighted by Gasteiger charge is -2.15. The van der Waals surface area contributed by atoms with Crippen LogP contribution in [0.4, 0.5) is 0 Å². The predicted octanol–water partition coefficient (Wildman–Crippen LogP) is 0.736. The van der Waals surface area contributed by atoms with Gasteiger partial charge in [0.15, 0.2) is 5.69 Å². The Morgan fingerprint density at radius 2 is 2.08 bits per heavy atom. The Labute approximate surface area is 144 Å². The summed E-state index contributed by atoms with van der Waals surface area (Å²) in [4.78, 5) is 12.4. The summed E-state index contributed by atoms with van der Waals surface area (Å²) >= 11 is 0. The quantitative estimate of drug-likeness (QED) is 0.429. The molecule has 0 spiro atoms. The highest BCUT2D eigenvalue weighted by molar-refractivity contribution is 5.79. The van der Waals surface area contributed by atoms with Crippen LogP contribution in [0.3, 0.4) is 0 Å². The first-order valence-corrected chi connectivity index (χ1v) is 8.11. The summed E-state index contributed by atoms with van der Waals surface area (Å²) < 4.78 is 6.89. The van der Waals surface area contributed by atoms with Crippen LogP contribution in [0.15, 0.2) is 39.7 Å². The van der Waals surface area contributed by atoms with Crippen molar-refractivity contribution in [1.82, 2.24) is 25.6 Å². The number of nitrogens with one attached hydrogen (secondary N) is 2. The third-order valence-electron chi connectivity index (χ3n) is 4.03. The fourth-order valence-corrected chi connectivity index (χ4v) is 2.72. The lowest BCUT2D eigenvalue weighted by Crippen LogP contribution is -2.28. The van der Waals surface area contributed by atoms with Crippen LogP contribution in [0.2, 0.25) is 0 Å². The van der Waals surface area contributed by atoms with Gasteiger partial charge < -0.3 is 20.2 Å². The van der Waals surface area contributed by atoms with Crippen LogP contribution in [-0.4, -0.2) is 40.8 Å². The molecule has 0 saturated carbocycles. The van der Waals surface area contributed by atoms with Gasteiger partial charge in [0.05, 0.1) is 18.1 Å². The van der Waals surface area contributed by atoms with Gasteiger partial charge in [-0.2, -0.15) is 0 Å². The van der Waals surface area contributed by atoms with E-state index in [0.717, 1.165) is 16.6 Å². The molecule has 0 aliphatic heterocycles.